The number of fused-ring (bicyclic) bond motifs is 1. The molecule has 0 bridgehead atoms. The van der Waals surface area contributed by atoms with Crippen LogP contribution >= 0.6 is 23.2 Å². The van der Waals surface area contributed by atoms with E-state index in [1.165, 1.54) is 18.2 Å². The monoisotopic (exact) mass is 438 g/mol. The van der Waals surface area contributed by atoms with E-state index < -0.39 is 10.0 Å². The lowest BCUT2D eigenvalue weighted by molar-refractivity contribution is 0.601. The zero-order valence-electron chi connectivity index (χ0n) is 15.2. The fraction of sp³-hybridized carbons (Fsp3) is 0.263. The Balaban J connectivity index is 1.98. The van der Waals surface area contributed by atoms with Crippen LogP contribution < -0.4 is 10.0 Å². The first-order valence-electron chi connectivity index (χ1n) is 8.89. The second-order valence-electron chi connectivity index (χ2n) is 6.22. The van der Waals surface area contributed by atoms with E-state index >= 15 is 0 Å². The third-order valence-electron chi connectivity index (χ3n) is 4.06. The Morgan fingerprint density at radius 1 is 0.964 bits per heavy atom. The highest BCUT2D eigenvalue weighted by Crippen LogP contribution is 2.29. The van der Waals surface area contributed by atoms with E-state index in [0.717, 1.165) is 19.3 Å². The lowest BCUT2D eigenvalue weighted by atomic mass is 10.2. The van der Waals surface area contributed by atoms with Gasteiger partial charge < -0.3 is 5.32 Å². The van der Waals surface area contributed by atoms with Crippen molar-refractivity contribution in [2.45, 2.75) is 31.1 Å². The van der Waals surface area contributed by atoms with Crippen LogP contribution in [0.15, 0.2) is 47.4 Å². The summed E-state index contributed by atoms with van der Waals surface area (Å²) < 4.78 is 28.3. The number of hydrogen-bond donors (Lipinski definition) is 2. The van der Waals surface area contributed by atoms with Gasteiger partial charge in [0.25, 0.3) is 10.0 Å². The summed E-state index contributed by atoms with van der Waals surface area (Å²) in [6, 6.07) is 11.5. The molecule has 0 aliphatic carbocycles. The van der Waals surface area contributed by atoms with Gasteiger partial charge in [-0.05, 0) is 36.8 Å². The molecule has 1 heterocycles. The van der Waals surface area contributed by atoms with E-state index in [4.69, 9.17) is 23.2 Å². The molecule has 9 heteroatoms. The molecule has 0 aliphatic rings. The molecule has 0 aliphatic heterocycles. The van der Waals surface area contributed by atoms with Gasteiger partial charge in [-0.25, -0.2) is 18.4 Å². The minimum absolute atomic E-state index is 0.0723. The highest BCUT2D eigenvalue weighted by molar-refractivity contribution is 7.92. The Bertz CT molecular complexity index is 1090. The van der Waals surface area contributed by atoms with Gasteiger partial charge in [-0.2, -0.15) is 0 Å². The van der Waals surface area contributed by atoms with E-state index in [1.54, 1.807) is 6.07 Å². The second-order valence-corrected chi connectivity index (χ2v) is 8.72. The summed E-state index contributed by atoms with van der Waals surface area (Å²) in [6.07, 6.45) is 3.09. The molecule has 0 spiro atoms. The van der Waals surface area contributed by atoms with Crippen LogP contribution in [0.2, 0.25) is 10.0 Å². The molecule has 6 nitrogen and oxygen atoms in total. The van der Waals surface area contributed by atoms with Crippen molar-refractivity contribution in [3.05, 3.63) is 52.5 Å². The lowest BCUT2D eigenvalue weighted by Crippen LogP contribution is -2.17. The quantitative estimate of drug-likeness (QED) is 0.463. The van der Waals surface area contributed by atoms with Gasteiger partial charge in [0.05, 0.1) is 16.1 Å². The van der Waals surface area contributed by atoms with Crippen molar-refractivity contribution < 1.29 is 8.42 Å². The number of aromatic nitrogens is 2. The first kappa shape index (κ1) is 20.6. The number of nitrogens with zero attached hydrogens (tertiary/aromatic N) is 2. The molecule has 0 saturated heterocycles. The van der Waals surface area contributed by atoms with E-state index in [9.17, 15) is 8.42 Å². The third-order valence-corrected chi connectivity index (χ3v) is 6.11. The van der Waals surface area contributed by atoms with Crippen LogP contribution in [-0.2, 0) is 10.0 Å². The van der Waals surface area contributed by atoms with Gasteiger partial charge in [0.1, 0.15) is 4.90 Å². The molecule has 0 unspecified atom stereocenters. The number of anilines is 2. The van der Waals surface area contributed by atoms with Crippen LogP contribution in [0.4, 0.5) is 11.6 Å². The number of nitrogens with one attached hydrogen (secondary N) is 2. The average Bonchev–Trinajstić information content (AvgIpc) is 2.67. The summed E-state index contributed by atoms with van der Waals surface area (Å²) in [7, 11) is -4.00. The molecule has 0 saturated carbocycles. The number of hydrogen-bond acceptors (Lipinski definition) is 5. The van der Waals surface area contributed by atoms with Crippen LogP contribution in [0.25, 0.3) is 11.0 Å². The van der Waals surface area contributed by atoms with Crippen molar-refractivity contribution >= 4 is 55.9 Å². The molecular weight excluding hydrogens is 419 g/mol. The summed E-state index contributed by atoms with van der Waals surface area (Å²) in [5.74, 6) is 0.489. The van der Waals surface area contributed by atoms with Crippen molar-refractivity contribution in [1.29, 1.82) is 0 Å². The molecule has 3 rings (SSSR count). The van der Waals surface area contributed by atoms with Crippen LogP contribution in [-0.4, -0.2) is 24.9 Å². The van der Waals surface area contributed by atoms with E-state index in [-0.39, 0.29) is 20.8 Å². The maximum absolute atomic E-state index is 12.9. The van der Waals surface area contributed by atoms with Crippen molar-refractivity contribution in [2.24, 2.45) is 0 Å². The molecular formula is C19H20Cl2N4O2S. The SMILES string of the molecule is CCCCCNc1nc2ccccc2nc1NS(=O)(=O)c1cc(Cl)ccc1Cl. The van der Waals surface area contributed by atoms with Gasteiger partial charge in [0.2, 0.25) is 0 Å². The van der Waals surface area contributed by atoms with Gasteiger partial charge in [-0.1, -0.05) is 55.1 Å². The summed E-state index contributed by atoms with van der Waals surface area (Å²) in [5, 5.41) is 3.52. The Morgan fingerprint density at radius 3 is 2.32 bits per heavy atom. The Labute approximate surface area is 174 Å². The number of halogens is 2. The number of para-hydroxylation sites is 2. The summed E-state index contributed by atoms with van der Waals surface area (Å²) >= 11 is 12.0. The maximum atomic E-state index is 12.9. The van der Waals surface area contributed by atoms with E-state index in [0.29, 0.717) is 23.4 Å². The topological polar surface area (TPSA) is 84.0 Å². The normalized spacial score (nSPS) is 11.5. The Hall–Kier alpha value is -2.09. The molecule has 148 valence electrons. The molecule has 1 aromatic heterocycles. The molecule has 2 N–H and O–H groups in total. The van der Waals surface area contributed by atoms with Crippen molar-refractivity contribution in [3.63, 3.8) is 0 Å². The smallest absolute Gasteiger partial charge is 0.264 e. The number of rotatable bonds is 8. The van der Waals surface area contributed by atoms with Gasteiger partial charge in [-0.15, -0.1) is 0 Å². The van der Waals surface area contributed by atoms with Crippen LogP contribution in [0, 0.1) is 0 Å². The van der Waals surface area contributed by atoms with Crippen molar-refractivity contribution in [3.8, 4) is 0 Å². The minimum Gasteiger partial charge on any atom is -0.367 e. The number of unbranched alkanes of at least 4 members (excludes halogenated alkanes) is 2. The van der Waals surface area contributed by atoms with Gasteiger partial charge >= 0.3 is 0 Å². The summed E-state index contributed by atoms with van der Waals surface area (Å²) in [6.45, 7) is 2.78. The zero-order valence-corrected chi connectivity index (χ0v) is 17.6. The zero-order chi connectivity index (χ0) is 20.1. The number of benzene rings is 2. The Kier molecular flexibility index (Phi) is 6.59. The lowest BCUT2D eigenvalue weighted by Gasteiger charge is -2.14. The second kappa shape index (κ2) is 8.94. The fourth-order valence-electron chi connectivity index (χ4n) is 2.64. The predicted octanol–water partition coefficient (Wildman–Crippen LogP) is 5.34. The number of sulfonamides is 1. The Morgan fingerprint density at radius 2 is 1.64 bits per heavy atom. The molecule has 0 fully saturated rings. The average molecular weight is 439 g/mol. The van der Waals surface area contributed by atoms with Crippen LogP contribution in [0.5, 0.6) is 0 Å². The van der Waals surface area contributed by atoms with Crippen molar-refractivity contribution in [2.75, 3.05) is 16.6 Å². The minimum atomic E-state index is -4.00. The van der Waals surface area contributed by atoms with Gasteiger partial charge in [0.15, 0.2) is 11.6 Å². The molecule has 3 aromatic rings. The summed E-state index contributed by atoms with van der Waals surface area (Å²) in [4.78, 5) is 8.86. The van der Waals surface area contributed by atoms with E-state index in [1.807, 2.05) is 18.2 Å². The van der Waals surface area contributed by atoms with Crippen LogP contribution in [0.1, 0.15) is 26.2 Å². The molecule has 0 amide bonds. The van der Waals surface area contributed by atoms with Gasteiger partial charge in [-0.3, -0.25) is 4.72 Å². The largest absolute Gasteiger partial charge is 0.367 e. The molecule has 28 heavy (non-hydrogen) atoms. The third kappa shape index (κ3) is 4.84. The molecule has 0 radical (unpaired) electrons. The van der Waals surface area contributed by atoms with E-state index in [2.05, 4.69) is 26.9 Å². The maximum Gasteiger partial charge on any atom is 0.264 e. The predicted molar refractivity (Wildman–Crippen MR) is 115 cm³/mol. The first-order valence-corrected chi connectivity index (χ1v) is 11.1. The van der Waals surface area contributed by atoms with Crippen molar-refractivity contribution in [1.82, 2.24) is 9.97 Å². The van der Waals surface area contributed by atoms with Gasteiger partial charge in [0, 0.05) is 11.6 Å². The highest BCUT2D eigenvalue weighted by atomic mass is 35.5. The molecule has 0 atom stereocenters. The standard InChI is InChI=1S/C19H20Cl2N4O2S/c1-2-3-6-11-22-18-19(24-16-8-5-4-7-15(16)23-18)25-28(26,27)17-12-13(20)9-10-14(17)21/h4-5,7-10,12H,2-3,6,11H2,1H3,(H,22,23)(H,24,25). The highest BCUT2D eigenvalue weighted by Gasteiger charge is 2.22. The first-order chi connectivity index (χ1) is 13.4. The summed E-state index contributed by atoms with van der Waals surface area (Å²) in [5.41, 5.74) is 1.25. The molecule has 2 aromatic carbocycles. The fourth-order valence-corrected chi connectivity index (χ4v) is 4.41. The van der Waals surface area contributed by atoms with Crippen LogP contribution in [0.3, 0.4) is 0 Å².